The maximum Gasteiger partial charge on any atom is 0.191 e. The molecule has 25 heavy (non-hydrogen) atoms. The van der Waals surface area contributed by atoms with Crippen LogP contribution in [0.5, 0.6) is 0 Å². The van der Waals surface area contributed by atoms with E-state index in [9.17, 15) is 0 Å². The van der Waals surface area contributed by atoms with Gasteiger partial charge in [-0.1, -0.05) is 48.5 Å². The summed E-state index contributed by atoms with van der Waals surface area (Å²) in [6.45, 7) is 0. The van der Waals surface area contributed by atoms with Gasteiger partial charge >= 0.3 is 0 Å². The lowest BCUT2D eigenvalue weighted by molar-refractivity contribution is 1.03. The Morgan fingerprint density at radius 3 is 2.36 bits per heavy atom. The Bertz CT molecular complexity index is 841. The average Bonchev–Trinajstić information content (AvgIpc) is 2.66. The number of nitrogens with zero attached hydrogens (tertiary/aromatic N) is 2. The molecule has 0 fully saturated rings. The van der Waals surface area contributed by atoms with Gasteiger partial charge in [0.15, 0.2) is 5.11 Å². The van der Waals surface area contributed by atoms with Crippen molar-refractivity contribution in [3.05, 3.63) is 94.7 Å². The van der Waals surface area contributed by atoms with Crippen LogP contribution in [0.15, 0.2) is 88.6 Å². The van der Waals surface area contributed by atoms with Crippen LogP contribution in [0, 0.1) is 0 Å². The summed E-state index contributed by atoms with van der Waals surface area (Å²) < 4.78 is 0.927. The molecule has 0 saturated heterocycles. The summed E-state index contributed by atoms with van der Waals surface area (Å²) in [5.74, 6) is 0. The lowest BCUT2D eigenvalue weighted by Gasteiger charge is -2.11. The van der Waals surface area contributed by atoms with Crippen molar-refractivity contribution in [1.82, 2.24) is 10.4 Å². The first-order valence-electron chi connectivity index (χ1n) is 7.60. The number of pyridine rings is 1. The van der Waals surface area contributed by atoms with Crippen LogP contribution < -0.4 is 10.7 Å². The first-order valence-corrected chi connectivity index (χ1v) is 8.80. The summed E-state index contributed by atoms with van der Waals surface area (Å²) in [6, 6.07) is 23.3. The Labute approximate surface area is 160 Å². The topological polar surface area (TPSA) is 49.3 Å². The molecule has 1 heterocycles. The quantitative estimate of drug-likeness (QED) is 0.375. The highest BCUT2D eigenvalue weighted by Crippen LogP contribution is 2.20. The van der Waals surface area contributed by atoms with Crippen LogP contribution in [0.25, 0.3) is 0 Å². The summed E-state index contributed by atoms with van der Waals surface area (Å²) in [4.78, 5) is 4.39. The van der Waals surface area contributed by atoms with Crippen molar-refractivity contribution in [1.29, 1.82) is 0 Å². The van der Waals surface area contributed by atoms with E-state index in [1.807, 2.05) is 72.8 Å². The van der Waals surface area contributed by atoms with E-state index >= 15 is 0 Å². The van der Waals surface area contributed by atoms with Gasteiger partial charge in [-0.05, 0) is 52.4 Å². The van der Waals surface area contributed by atoms with Gasteiger partial charge in [-0.25, -0.2) is 0 Å². The highest BCUT2D eigenvalue weighted by atomic mass is 79.9. The number of anilines is 1. The second kappa shape index (κ2) is 8.50. The zero-order valence-electron chi connectivity index (χ0n) is 13.2. The van der Waals surface area contributed by atoms with E-state index in [-0.39, 0.29) is 0 Å². The molecule has 1 aromatic heterocycles. The summed E-state index contributed by atoms with van der Waals surface area (Å²) >= 11 is 8.83. The largest absolute Gasteiger partial charge is 0.330 e. The van der Waals surface area contributed by atoms with E-state index in [1.54, 1.807) is 6.20 Å². The minimum absolute atomic E-state index is 0.399. The van der Waals surface area contributed by atoms with Gasteiger partial charge in [0.05, 0.1) is 11.4 Å². The lowest BCUT2D eigenvalue weighted by atomic mass is 10.1. The molecule has 0 bridgehead atoms. The number of nitrogens with one attached hydrogen (secondary N) is 2. The summed E-state index contributed by atoms with van der Waals surface area (Å²) in [5.41, 5.74) is 6.22. The summed E-state index contributed by atoms with van der Waals surface area (Å²) in [6.07, 6.45) is 1.74. The van der Waals surface area contributed by atoms with Crippen molar-refractivity contribution >= 4 is 44.7 Å². The number of hydrazone groups is 1. The second-order valence-corrected chi connectivity index (χ2v) is 6.35. The van der Waals surface area contributed by atoms with E-state index in [0.717, 1.165) is 27.1 Å². The molecule has 0 spiro atoms. The van der Waals surface area contributed by atoms with Crippen LogP contribution in [0.1, 0.15) is 11.3 Å². The first kappa shape index (κ1) is 17.3. The average molecular weight is 411 g/mol. The molecule has 0 atom stereocenters. The number of hydrogen-bond donors (Lipinski definition) is 2. The Balaban J connectivity index is 1.82. The van der Waals surface area contributed by atoms with Crippen molar-refractivity contribution in [3.63, 3.8) is 0 Å². The van der Waals surface area contributed by atoms with Crippen LogP contribution in [0.4, 0.5) is 5.69 Å². The Hall–Kier alpha value is -2.57. The third-order valence-corrected chi connectivity index (χ3v) is 4.23. The standard InChI is InChI=1S/C19H15BrN4S/c20-15-10-4-5-11-16(15)22-19(25)24-23-18(14-8-2-1-3-9-14)17-12-6-7-13-21-17/h1-13H,(H2,22,24,25)/b23-18+. The van der Waals surface area contributed by atoms with Crippen LogP contribution in [-0.4, -0.2) is 15.8 Å². The number of thiocarbonyl (C=S) groups is 1. The lowest BCUT2D eigenvalue weighted by Crippen LogP contribution is -2.26. The van der Waals surface area contributed by atoms with Gasteiger partial charge in [0.25, 0.3) is 0 Å². The molecule has 3 aromatic rings. The Morgan fingerprint density at radius 2 is 1.64 bits per heavy atom. The zero-order valence-corrected chi connectivity index (χ0v) is 15.6. The smallest absolute Gasteiger partial charge is 0.191 e. The van der Waals surface area contributed by atoms with Gasteiger partial charge < -0.3 is 5.32 Å². The SMILES string of the molecule is S=C(N/N=C(\c1ccccc1)c1ccccn1)Nc1ccccc1Br. The van der Waals surface area contributed by atoms with Crippen molar-refractivity contribution in [2.24, 2.45) is 5.10 Å². The second-order valence-electron chi connectivity index (χ2n) is 5.09. The normalized spacial score (nSPS) is 11.0. The molecule has 0 aliphatic heterocycles. The van der Waals surface area contributed by atoms with Gasteiger partial charge in [-0.2, -0.15) is 5.10 Å². The molecule has 0 radical (unpaired) electrons. The maximum absolute atomic E-state index is 5.34. The molecular weight excluding hydrogens is 396 g/mol. The molecule has 4 nitrogen and oxygen atoms in total. The minimum atomic E-state index is 0.399. The van der Waals surface area contributed by atoms with Crippen molar-refractivity contribution in [2.75, 3.05) is 5.32 Å². The zero-order chi connectivity index (χ0) is 17.5. The molecule has 0 amide bonds. The highest BCUT2D eigenvalue weighted by molar-refractivity contribution is 9.10. The predicted molar refractivity (Wildman–Crippen MR) is 110 cm³/mol. The number of aromatic nitrogens is 1. The molecule has 3 rings (SSSR count). The van der Waals surface area contributed by atoms with E-state index in [0.29, 0.717) is 5.11 Å². The maximum atomic E-state index is 5.34. The summed E-state index contributed by atoms with van der Waals surface area (Å²) in [7, 11) is 0. The van der Waals surface area contributed by atoms with Crippen molar-refractivity contribution in [2.45, 2.75) is 0 Å². The van der Waals surface area contributed by atoms with Gasteiger partial charge in [0.2, 0.25) is 0 Å². The molecule has 124 valence electrons. The fourth-order valence-electron chi connectivity index (χ4n) is 2.19. The third kappa shape index (κ3) is 4.71. The Kier molecular flexibility index (Phi) is 5.87. The van der Waals surface area contributed by atoms with Gasteiger partial charge in [0, 0.05) is 16.2 Å². The number of para-hydroxylation sites is 1. The van der Waals surface area contributed by atoms with Crippen molar-refractivity contribution < 1.29 is 0 Å². The van der Waals surface area contributed by atoms with Crippen LogP contribution in [0.2, 0.25) is 0 Å². The number of hydrogen-bond acceptors (Lipinski definition) is 3. The van der Waals surface area contributed by atoms with Gasteiger partial charge in [0.1, 0.15) is 5.71 Å². The summed E-state index contributed by atoms with van der Waals surface area (Å²) in [5, 5.41) is 7.99. The Morgan fingerprint density at radius 1 is 0.920 bits per heavy atom. The minimum Gasteiger partial charge on any atom is -0.330 e. The van der Waals surface area contributed by atoms with Crippen LogP contribution in [0.3, 0.4) is 0 Å². The molecule has 2 aromatic carbocycles. The van der Waals surface area contributed by atoms with Crippen LogP contribution in [-0.2, 0) is 0 Å². The molecule has 2 N–H and O–H groups in total. The van der Waals surface area contributed by atoms with Crippen LogP contribution >= 0.6 is 28.1 Å². The highest BCUT2D eigenvalue weighted by Gasteiger charge is 2.08. The number of rotatable bonds is 4. The molecule has 0 unspecified atom stereocenters. The monoisotopic (exact) mass is 410 g/mol. The fraction of sp³-hybridized carbons (Fsp3) is 0. The van der Waals surface area contributed by atoms with E-state index in [2.05, 4.69) is 36.8 Å². The third-order valence-electron chi connectivity index (χ3n) is 3.35. The number of benzene rings is 2. The van der Waals surface area contributed by atoms with E-state index in [4.69, 9.17) is 12.2 Å². The van der Waals surface area contributed by atoms with E-state index < -0.39 is 0 Å². The fourth-order valence-corrected chi connectivity index (χ4v) is 2.73. The molecule has 0 saturated carbocycles. The molecule has 0 aliphatic carbocycles. The van der Waals surface area contributed by atoms with Gasteiger partial charge in [-0.3, -0.25) is 10.4 Å². The molecule has 0 aliphatic rings. The first-order chi connectivity index (χ1) is 12.2. The van der Waals surface area contributed by atoms with E-state index in [1.165, 1.54) is 0 Å². The number of halogens is 1. The predicted octanol–water partition coefficient (Wildman–Crippen LogP) is 4.58. The van der Waals surface area contributed by atoms with Crippen molar-refractivity contribution in [3.8, 4) is 0 Å². The molecule has 6 heteroatoms. The molecular formula is C19H15BrN4S. The van der Waals surface area contributed by atoms with Gasteiger partial charge in [-0.15, -0.1) is 0 Å².